The fourth-order valence-electron chi connectivity index (χ4n) is 0.679. The van der Waals surface area contributed by atoms with Crippen molar-refractivity contribution in [1.82, 2.24) is 0 Å². The Bertz CT molecular complexity index is 261. The highest BCUT2D eigenvalue weighted by atomic mass is 16.5. The molecule has 1 aromatic heterocycles. The predicted octanol–water partition coefficient (Wildman–Crippen LogP) is 0.992. The van der Waals surface area contributed by atoms with E-state index in [1.807, 2.05) is 0 Å². The van der Waals surface area contributed by atoms with Crippen molar-refractivity contribution in [3.8, 4) is 5.95 Å². The number of furan rings is 1. The number of aromatic carboxylic acids is 1. The third-order valence-corrected chi connectivity index (χ3v) is 1.14. The lowest BCUT2D eigenvalue weighted by Crippen LogP contribution is -1.94. The standard InChI is InChI=1S/C6H6O4/c1-3-4(6(8)9)2-5(7)10-3/h2,7H,1H3,(H,8,9). The number of hydrogen-bond acceptors (Lipinski definition) is 3. The van der Waals surface area contributed by atoms with E-state index in [1.165, 1.54) is 6.92 Å². The van der Waals surface area contributed by atoms with E-state index in [1.54, 1.807) is 0 Å². The van der Waals surface area contributed by atoms with Gasteiger partial charge in [-0.3, -0.25) is 0 Å². The van der Waals surface area contributed by atoms with Crippen molar-refractivity contribution in [3.05, 3.63) is 17.4 Å². The van der Waals surface area contributed by atoms with Gasteiger partial charge in [0.2, 0.25) is 0 Å². The Balaban J connectivity index is 3.15. The van der Waals surface area contributed by atoms with Crippen LogP contribution < -0.4 is 0 Å². The summed E-state index contributed by atoms with van der Waals surface area (Å²) in [5.74, 6) is -1.25. The van der Waals surface area contributed by atoms with E-state index in [9.17, 15) is 4.79 Å². The monoisotopic (exact) mass is 142 g/mol. The maximum Gasteiger partial charge on any atom is 0.339 e. The number of rotatable bonds is 1. The van der Waals surface area contributed by atoms with Crippen molar-refractivity contribution in [1.29, 1.82) is 0 Å². The van der Waals surface area contributed by atoms with Gasteiger partial charge in [-0.15, -0.1) is 0 Å². The summed E-state index contributed by atoms with van der Waals surface area (Å²) in [7, 11) is 0. The van der Waals surface area contributed by atoms with Crippen molar-refractivity contribution in [3.63, 3.8) is 0 Å². The van der Waals surface area contributed by atoms with Gasteiger partial charge in [-0.05, 0) is 6.92 Å². The summed E-state index contributed by atoms with van der Waals surface area (Å²) in [6, 6.07) is 1.07. The van der Waals surface area contributed by atoms with Crippen LogP contribution in [0.3, 0.4) is 0 Å². The second-order valence-corrected chi connectivity index (χ2v) is 1.86. The third kappa shape index (κ3) is 0.953. The van der Waals surface area contributed by atoms with Crippen molar-refractivity contribution in [2.24, 2.45) is 0 Å². The molecule has 0 amide bonds. The highest BCUT2D eigenvalue weighted by molar-refractivity contribution is 5.89. The summed E-state index contributed by atoms with van der Waals surface area (Å²) in [5.41, 5.74) is -0.00231. The number of carbonyl (C=O) groups is 1. The Morgan fingerprint density at radius 3 is 2.50 bits per heavy atom. The normalized spacial score (nSPS) is 9.70. The highest BCUT2D eigenvalue weighted by Gasteiger charge is 2.12. The fourth-order valence-corrected chi connectivity index (χ4v) is 0.679. The molecule has 2 N–H and O–H groups in total. The van der Waals surface area contributed by atoms with Crippen LogP contribution in [0, 0.1) is 6.92 Å². The van der Waals surface area contributed by atoms with Crippen LogP contribution in [0.25, 0.3) is 0 Å². The largest absolute Gasteiger partial charge is 0.481 e. The van der Waals surface area contributed by atoms with Crippen LogP contribution in [0.1, 0.15) is 16.1 Å². The smallest absolute Gasteiger partial charge is 0.339 e. The Hall–Kier alpha value is -1.45. The zero-order valence-electron chi connectivity index (χ0n) is 5.29. The maximum atomic E-state index is 10.3. The second kappa shape index (κ2) is 2.06. The summed E-state index contributed by atoms with van der Waals surface area (Å²) in [6.45, 7) is 1.48. The zero-order chi connectivity index (χ0) is 7.72. The fraction of sp³-hybridized carbons (Fsp3) is 0.167. The topological polar surface area (TPSA) is 70.7 Å². The average Bonchev–Trinajstić information content (AvgIpc) is 2.10. The van der Waals surface area contributed by atoms with Crippen LogP contribution in [0.2, 0.25) is 0 Å². The molecule has 0 bridgehead atoms. The van der Waals surface area contributed by atoms with Crippen molar-refractivity contribution >= 4 is 5.97 Å². The molecule has 54 valence electrons. The number of carboxylic acids is 1. The average molecular weight is 142 g/mol. The minimum Gasteiger partial charge on any atom is -0.481 e. The molecule has 0 fully saturated rings. The molecule has 0 unspecified atom stereocenters. The van der Waals surface area contributed by atoms with Gasteiger partial charge in [0.1, 0.15) is 11.3 Å². The van der Waals surface area contributed by atoms with Gasteiger partial charge in [0.25, 0.3) is 5.95 Å². The van der Waals surface area contributed by atoms with Gasteiger partial charge in [0.05, 0.1) is 0 Å². The molecule has 0 aromatic carbocycles. The molecule has 4 heteroatoms. The molecule has 0 aliphatic rings. The number of aryl methyl sites for hydroxylation is 1. The summed E-state index contributed by atoms with van der Waals surface area (Å²) < 4.78 is 4.55. The molecule has 0 aliphatic heterocycles. The minimum absolute atomic E-state index is 0.00231. The summed E-state index contributed by atoms with van der Waals surface area (Å²) >= 11 is 0. The van der Waals surface area contributed by atoms with E-state index in [0.29, 0.717) is 0 Å². The van der Waals surface area contributed by atoms with Crippen LogP contribution in [0.4, 0.5) is 0 Å². The Labute approximate surface area is 56.7 Å². The molecule has 0 saturated carbocycles. The molecule has 0 spiro atoms. The van der Waals surface area contributed by atoms with Gasteiger partial charge in [-0.25, -0.2) is 4.79 Å². The number of carboxylic acid groups (broad SMARTS) is 1. The summed E-state index contributed by atoms with van der Waals surface area (Å²) in [6.07, 6.45) is 0. The molecule has 10 heavy (non-hydrogen) atoms. The zero-order valence-corrected chi connectivity index (χ0v) is 5.29. The quantitative estimate of drug-likeness (QED) is 0.613. The van der Waals surface area contributed by atoms with Crippen LogP contribution in [0.5, 0.6) is 5.95 Å². The van der Waals surface area contributed by atoms with E-state index in [2.05, 4.69) is 4.42 Å². The van der Waals surface area contributed by atoms with Gasteiger partial charge in [-0.1, -0.05) is 0 Å². The van der Waals surface area contributed by atoms with E-state index >= 15 is 0 Å². The first-order valence-corrected chi connectivity index (χ1v) is 2.64. The van der Waals surface area contributed by atoms with Crippen LogP contribution in [0.15, 0.2) is 10.5 Å². The van der Waals surface area contributed by atoms with Gasteiger partial charge >= 0.3 is 5.97 Å². The number of hydrogen-bond donors (Lipinski definition) is 2. The van der Waals surface area contributed by atoms with Crippen LogP contribution >= 0.6 is 0 Å². The lowest BCUT2D eigenvalue weighted by atomic mass is 10.3. The van der Waals surface area contributed by atoms with E-state index < -0.39 is 5.97 Å². The molecule has 4 nitrogen and oxygen atoms in total. The van der Waals surface area contributed by atoms with Gasteiger partial charge in [0.15, 0.2) is 0 Å². The highest BCUT2D eigenvalue weighted by Crippen LogP contribution is 2.18. The lowest BCUT2D eigenvalue weighted by Gasteiger charge is -1.84. The van der Waals surface area contributed by atoms with Crippen molar-refractivity contribution in [2.45, 2.75) is 6.92 Å². The van der Waals surface area contributed by atoms with Gasteiger partial charge < -0.3 is 14.6 Å². The first-order chi connectivity index (χ1) is 4.61. The molecule has 0 atom stereocenters. The Kier molecular flexibility index (Phi) is 1.37. The molecule has 0 saturated heterocycles. The SMILES string of the molecule is Cc1oc(O)cc1C(=O)O. The lowest BCUT2D eigenvalue weighted by molar-refractivity contribution is 0.0695. The first-order valence-electron chi connectivity index (χ1n) is 2.64. The van der Waals surface area contributed by atoms with E-state index in [0.717, 1.165) is 6.07 Å². The second-order valence-electron chi connectivity index (χ2n) is 1.86. The molecule has 1 rings (SSSR count). The molecule has 1 heterocycles. The maximum absolute atomic E-state index is 10.3. The summed E-state index contributed by atoms with van der Waals surface area (Å²) in [5, 5.41) is 17.1. The van der Waals surface area contributed by atoms with E-state index in [-0.39, 0.29) is 17.3 Å². The predicted molar refractivity (Wildman–Crippen MR) is 32.1 cm³/mol. The molecular formula is C6H6O4. The minimum atomic E-state index is -1.10. The van der Waals surface area contributed by atoms with Gasteiger partial charge in [0, 0.05) is 6.07 Å². The first kappa shape index (κ1) is 6.67. The third-order valence-electron chi connectivity index (χ3n) is 1.14. The van der Waals surface area contributed by atoms with Gasteiger partial charge in [-0.2, -0.15) is 0 Å². The summed E-state index contributed by atoms with van der Waals surface area (Å²) in [4.78, 5) is 10.3. The van der Waals surface area contributed by atoms with E-state index in [4.69, 9.17) is 10.2 Å². The Morgan fingerprint density at radius 2 is 2.30 bits per heavy atom. The van der Waals surface area contributed by atoms with Crippen molar-refractivity contribution in [2.75, 3.05) is 0 Å². The molecule has 0 aliphatic carbocycles. The Morgan fingerprint density at radius 1 is 1.70 bits per heavy atom. The molecular weight excluding hydrogens is 136 g/mol. The molecule has 1 aromatic rings. The molecule has 0 radical (unpaired) electrons. The van der Waals surface area contributed by atoms with Crippen molar-refractivity contribution < 1.29 is 19.4 Å². The number of aromatic hydroxyl groups is 1. The van der Waals surface area contributed by atoms with Crippen LogP contribution in [-0.2, 0) is 0 Å². The van der Waals surface area contributed by atoms with Crippen LogP contribution in [-0.4, -0.2) is 16.2 Å².